The molecule has 1 aliphatic carbocycles. The first kappa shape index (κ1) is 14.3. The van der Waals surface area contributed by atoms with E-state index in [9.17, 15) is 0 Å². The molecule has 3 aliphatic rings. The molecule has 5 heteroatoms. The van der Waals surface area contributed by atoms with Gasteiger partial charge in [0, 0.05) is 31.7 Å². The van der Waals surface area contributed by atoms with Gasteiger partial charge in [-0.15, -0.1) is 11.3 Å². The fourth-order valence-corrected chi connectivity index (χ4v) is 5.16. The van der Waals surface area contributed by atoms with Crippen molar-refractivity contribution in [2.24, 2.45) is 5.92 Å². The van der Waals surface area contributed by atoms with Crippen molar-refractivity contribution < 1.29 is 4.74 Å². The predicted molar refractivity (Wildman–Crippen MR) is 92.7 cm³/mol. The maximum atomic E-state index is 5.92. The van der Waals surface area contributed by atoms with Crippen LogP contribution in [-0.4, -0.2) is 59.7 Å². The number of morpholine rings is 1. The molecule has 1 aromatic heterocycles. The van der Waals surface area contributed by atoms with E-state index in [0.717, 1.165) is 44.3 Å². The van der Waals surface area contributed by atoms with Gasteiger partial charge in [-0.25, -0.2) is 4.98 Å². The van der Waals surface area contributed by atoms with Gasteiger partial charge < -0.3 is 4.74 Å². The zero-order valence-electron chi connectivity index (χ0n) is 13.4. The van der Waals surface area contributed by atoms with Crippen LogP contribution >= 0.6 is 11.3 Å². The van der Waals surface area contributed by atoms with E-state index in [1.54, 1.807) is 0 Å². The summed E-state index contributed by atoms with van der Waals surface area (Å²) in [5.74, 6) is 0.911. The molecule has 2 saturated heterocycles. The standard InChI is InChI=1S/C18H23N3OS/c1-2-4-17-15(3-1)19-18(23-17)10-20-7-8-21-14(9-20)11-22-12-16(21)13-5-6-13/h1-4,13-14,16H,5-12H2/t14-,16-/m1/s1. The van der Waals surface area contributed by atoms with Crippen LogP contribution in [0.4, 0.5) is 0 Å². The Kier molecular flexibility index (Phi) is 3.62. The quantitative estimate of drug-likeness (QED) is 0.865. The summed E-state index contributed by atoms with van der Waals surface area (Å²) in [5.41, 5.74) is 1.14. The minimum Gasteiger partial charge on any atom is -0.378 e. The first-order valence-electron chi connectivity index (χ1n) is 8.77. The Hall–Kier alpha value is -1.01. The van der Waals surface area contributed by atoms with E-state index in [1.165, 1.54) is 29.1 Å². The summed E-state index contributed by atoms with van der Waals surface area (Å²) in [5, 5.41) is 1.25. The van der Waals surface area contributed by atoms with E-state index in [1.807, 2.05) is 11.3 Å². The molecule has 0 radical (unpaired) electrons. The molecule has 0 unspecified atom stereocenters. The van der Waals surface area contributed by atoms with Crippen molar-refractivity contribution in [3.63, 3.8) is 0 Å². The molecule has 2 atom stereocenters. The molecule has 0 bridgehead atoms. The normalized spacial score (nSPS) is 29.7. The largest absolute Gasteiger partial charge is 0.378 e. The molecule has 0 spiro atoms. The summed E-state index contributed by atoms with van der Waals surface area (Å²) in [6.45, 7) is 6.32. The van der Waals surface area contributed by atoms with Crippen LogP contribution in [0.25, 0.3) is 10.2 Å². The van der Waals surface area contributed by atoms with Gasteiger partial charge in [0.2, 0.25) is 0 Å². The lowest BCUT2D eigenvalue weighted by molar-refractivity contribution is -0.0880. The summed E-state index contributed by atoms with van der Waals surface area (Å²) >= 11 is 1.84. The van der Waals surface area contributed by atoms with Gasteiger partial charge in [-0.2, -0.15) is 0 Å². The molecule has 1 saturated carbocycles. The second kappa shape index (κ2) is 5.81. The SMILES string of the molecule is c1ccc2sc(CN3CCN4[C@@H](COC[C@@H]4C4CC4)C3)nc2c1. The van der Waals surface area contributed by atoms with Gasteiger partial charge in [0.25, 0.3) is 0 Å². The number of ether oxygens (including phenoxy) is 1. The minimum atomic E-state index is 0.581. The highest BCUT2D eigenvalue weighted by Crippen LogP contribution is 2.38. The fourth-order valence-electron chi connectivity index (χ4n) is 4.15. The number of aromatic nitrogens is 1. The Morgan fingerprint density at radius 2 is 2.09 bits per heavy atom. The van der Waals surface area contributed by atoms with Crippen LogP contribution in [0.15, 0.2) is 24.3 Å². The van der Waals surface area contributed by atoms with Gasteiger partial charge in [0.15, 0.2) is 0 Å². The van der Waals surface area contributed by atoms with Gasteiger partial charge in [-0.3, -0.25) is 9.80 Å². The van der Waals surface area contributed by atoms with Crippen LogP contribution in [0.2, 0.25) is 0 Å². The Labute approximate surface area is 141 Å². The van der Waals surface area contributed by atoms with E-state index >= 15 is 0 Å². The molecule has 0 amide bonds. The number of hydrogen-bond acceptors (Lipinski definition) is 5. The van der Waals surface area contributed by atoms with E-state index in [4.69, 9.17) is 9.72 Å². The fraction of sp³-hybridized carbons (Fsp3) is 0.611. The van der Waals surface area contributed by atoms with Crippen LogP contribution in [0.3, 0.4) is 0 Å². The number of hydrogen-bond donors (Lipinski definition) is 0. The average molecular weight is 329 g/mol. The summed E-state index contributed by atoms with van der Waals surface area (Å²) in [4.78, 5) is 10.1. The van der Waals surface area contributed by atoms with Crippen LogP contribution < -0.4 is 0 Å². The number of benzene rings is 1. The van der Waals surface area contributed by atoms with Gasteiger partial charge in [0.1, 0.15) is 5.01 Å². The van der Waals surface area contributed by atoms with Crippen molar-refractivity contribution in [1.82, 2.24) is 14.8 Å². The molecule has 2 aliphatic heterocycles. The number of rotatable bonds is 3. The molecule has 122 valence electrons. The topological polar surface area (TPSA) is 28.6 Å². The van der Waals surface area contributed by atoms with Gasteiger partial charge in [-0.05, 0) is 30.9 Å². The Morgan fingerprint density at radius 3 is 2.96 bits per heavy atom. The Morgan fingerprint density at radius 1 is 1.17 bits per heavy atom. The van der Waals surface area contributed by atoms with E-state index in [0.29, 0.717) is 12.1 Å². The lowest BCUT2D eigenvalue weighted by atomic mass is 10.0. The molecule has 3 heterocycles. The van der Waals surface area contributed by atoms with Crippen LogP contribution in [-0.2, 0) is 11.3 Å². The van der Waals surface area contributed by atoms with Gasteiger partial charge >= 0.3 is 0 Å². The first-order chi connectivity index (χ1) is 11.4. The second-order valence-electron chi connectivity index (χ2n) is 7.14. The minimum absolute atomic E-state index is 0.581. The van der Waals surface area contributed by atoms with Crippen molar-refractivity contribution in [2.75, 3.05) is 32.8 Å². The average Bonchev–Trinajstić information content (AvgIpc) is 3.34. The smallest absolute Gasteiger partial charge is 0.108 e. The molecule has 0 N–H and O–H groups in total. The Balaban J connectivity index is 1.28. The number of fused-ring (bicyclic) bond motifs is 2. The van der Waals surface area contributed by atoms with Crippen molar-refractivity contribution in [1.29, 1.82) is 0 Å². The van der Waals surface area contributed by atoms with E-state index < -0.39 is 0 Å². The van der Waals surface area contributed by atoms with Crippen molar-refractivity contribution in [2.45, 2.75) is 31.5 Å². The zero-order chi connectivity index (χ0) is 15.2. The van der Waals surface area contributed by atoms with E-state index in [2.05, 4.69) is 34.1 Å². The van der Waals surface area contributed by atoms with Crippen LogP contribution in [0.1, 0.15) is 17.8 Å². The highest BCUT2D eigenvalue weighted by molar-refractivity contribution is 7.18. The van der Waals surface area contributed by atoms with Gasteiger partial charge in [-0.1, -0.05) is 12.1 Å². The van der Waals surface area contributed by atoms with Gasteiger partial charge in [0.05, 0.1) is 30.0 Å². The number of piperazine rings is 1. The third-order valence-electron chi connectivity index (χ3n) is 5.50. The third kappa shape index (κ3) is 2.80. The summed E-state index contributed by atoms with van der Waals surface area (Å²) in [7, 11) is 0. The molecular formula is C18H23N3OS. The monoisotopic (exact) mass is 329 g/mol. The molecule has 4 nitrogen and oxygen atoms in total. The second-order valence-corrected chi connectivity index (χ2v) is 8.26. The summed E-state index contributed by atoms with van der Waals surface area (Å²) < 4.78 is 7.22. The maximum absolute atomic E-state index is 5.92. The highest BCUT2D eigenvalue weighted by Gasteiger charge is 2.42. The predicted octanol–water partition coefficient (Wildman–Crippen LogP) is 2.59. The van der Waals surface area contributed by atoms with Crippen molar-refractivity contribution in [3.05, 3.63) is 29.3 Å². The number of nitrogens with zero attached hydrogens (tertiary/aromatic N) is 3. The van der Waals surface area contributed by atoms with Crippen LogP contribution in [0, 0.1) is 5.92 Å². The van der Waals surface area contributed by atoms with Crippen molar-refractivity contribution >= 4 is 21.6 Å². The highest BCUT2D eigenvalue weighted by atomic mass is 32.1. The third-order valence-corrected chi connectivity index (χ3v) is 6.52. The molecule has 2 aromatic rings. The lowest BCUT2D eigenvalue weighted by Gasteiger charge is -2.48. The van der Waals surface area contributed by atoms with Crippen molar-refractivity contribution in [3.8, 4) is 0 Å². The maximum Gasteiger partial charge on any atom is 0.108 e. The molecule has 1 aromatic carbocycles. The number of para-hydroxylation sites is 1. The molecular weight excluding hydrogens is 306 g/mol. The first-order valence-corrected chi connectivity index (χ1v) is 9.59. The van der Waals surface area contributed by atoms with Crippen LogP contribution in [0.5, 0.6) is 0 Å². The molecule has 3 fully saturated rings. The lowest BCUT2D eigenvalue weighted by Crippen LogP contribution is -2.62. The Bertz CT molecular complexity index is 665. The zero-order valence-corrected chi connectivity index (χ0v) is 14.2. The summed E-state index contributed by atoms with van der Waals surface area (Å²) in [6, 6.07) is 9.73. The molecule has 23 heavy (non-hydrogen) atoms. The molecule has 5 rings (SSSR count). The summed E-state index contributed by atoms with van der Waals surface area (Å²) in [6.07, 6.45) is 2.82. The number of thiazole rings is 1. The van der Waals surface area contributed by atoms with E-state index in [-0.39, 0.29) is 0 Å².